The van der Waals surface area contributed by atoms with E-state index in [0.29, 0.717) is 5.62 Å². The van der Waals surface area contributed by atoms with Crippen LogP contribution >= 0.6 is 11.7 Å². The highest BCUT2D eigenvalue weighted by Crippen LogP contribution is 1.88. The molecule has 0 amide bonds. The average Bonchev–Trinajstić information content (AvgIpc) is 1.35. The maximum Gasteiger partial charge on any atom is 0.193 e. The second-order valence-corrected chi connectivity index (χ2v) is 8.83. The summed E-state index contributed by atoms with van der Waals surface area (Å²) in [6.07, 6.45) is -1.98. The summed E-state index contributed by atoms with van der Waals surface area (Å²) in [7, 11) is 0. The molecule has 0 aromatic carbocycles. The van der Waals surface area contributed by atoms with Crippen LogP contribution in [-0.4, -0.2) is 5.62 Å². The van der Waals surface area contributed by atoms with Gasteiger partial charge in [0.25, 0.3) is 0 Å². The van der Waals surface area contributed by atoms with Gasteiger partial charge in [0, 0.05) is 6.18 Å². The minimum atomic E-state index is -1.98. The van der Waals surface area contributed by atoms with Gasteiger partial charge in [0.05, 0.1) is 0 Å². The van der Waals surface area contributed by atoms with Crippen LogP contribution in [0.4, 0.5) is 0 Å². The summed E-state index contributed by atoms with van der Waals surface area (Å²) in [6, 6.07) is 0. The smallest absolute Gasteiger partial charge is 0.193 e. The zero-order chi connectivity index (χ0) is 5.21. The molecule has 0 aromatic heterocycles. The van der Waals surface area contributed by atoms with Gasteiger partial charge in [0.1, 0.15) is 0 Å². The highest BCUT2D eigenvalue weighted by Gasteiger charge is 1.81. The summed E-state index contributed by atoms with van der Waals surface area (Å²) in [4.78, 5) is 9.58. The van der Waals surface area contributed by atoms with Crippen LogP contribution in [-0.2, 0) is 33.3 Å². The van der Waals surface area contributed by atoms with Crippen LogP contribution in [0.15, 0.2) is 0 Å². The molecule has 0 heterocycles. The minimum absolute atomic E-state index is 0.515. The molecule has 0 rings (SSSR count). The number of rotatable bonds is 1. The normalized spacial score (nSPS) is 10.8. The zero-order valence-electron chi connectivity index (χ0n) is 2.66. The van der Waals surface area contributed by atoms with Crippen LogP contribution in [0.1, 0.15) is 0 Å². The fourth-order valence-electron chi connectivity index (χ4n) is 0. The molecule has 36 valence electrons. The number of carbonyl (C=O) groups is 1. The predicted octanol–water partition coefficient (Wildman–Crippen LogP) is 0.0992. The third-order valence-corrected chi connectivity index (χ3v) is 1.09. The Bertz CT molecular complexity index is 118. The van der Waals surface area contributed by atoms with Crippen LogP contribution in [0.25, 0.3) is 0 Å². The Hall–Kier alpha value is 0.810. The van der Waals surface area contributed by atoms with Crippen LogP contribution in [0.2, 0.25) is 0 Å². The van der Waals surface area contributed by atoms with Crippen molar-refractivity contribution in [2.75, 3.05) is 0 Å². The van der Waals surface area contributed by atoms with Gasteiger partial charge in [-0.05, 0) is 22.4 Å². The van der Waals surface area contributed by atoms with E-state index in [1.165, 1.54) is 0 Å². The molecule has 0 aliphatic rings. The van der Waals surface area contributed by atoms with Crippen molar-refractivity contribution in [1.82, 2.24) is 0 Å². The van der Waals surface area contributed by atoms with Crippen molar-refractivity contribution in [2.45, 2.75) is 0 Å². The Morgan fingerprint density at radius 2 is 1.83 bits per heavy atom. The van der Waals surface area contributed by atoms with Gasteiger partial charge in [-0.3, -0.25) is 4.79 Å². The van der Waals surface area contributed by atoms with E-state index in [4.69, 9.17) is 0 Å². The van der Waals surface area contributed by atoms with Crippen molar-refractivity contribution < 1.29 is 4.79 Å². The molecule has 0 N–H and O–H groups in total. The standard InChI is InChI=1S/CH2OS4/c2-1-6(3,4)5/h1H,(H,3,4,5). The lowest BCUT2D eigenvalue weighted by Crippen LogP contribution is -1.79. The van der Waals surface area contributed by atoms with Crippen molar-refractivity contribution in [3.05, 3.63) is 0 Å². The first-order chi connectivity index (χ1) is 2.56. The SMILES string of the molecule is O=CS(=S)(=S)S. The Morgan fingerprint density at radius 1 is 1.67 bits per heavy atom. The Balaban J connectivity index is 4.25. The summed E-state index contributed by atoms with van der Waals surface area (Å²) < 4.78 is 0. The van der Waals surface area contributed by atoms with Crippen LogP contribution < -0.4 is 0 Å². The van der Waals surface area contributed by atoms with E-state index in [1.807, 2.05) is 0 Å². The molecule has 5 heteroatoms. The number of carbonyl (C=O) groups excluding carboxylic acids is 1. The van der Waals surface area contributed by atoms with E-state index in [0.717, 1.165) is 0 Å². The third-order valence-electron chi connectivity index (χ3n) is 0.122. The zero-order valence-corrected chi connectivity index (χ0v) is 6.00. The Labute approximate surface area is 50.7 Å². The van der Waals surface area contributed by atoms with E-state index < -0.39 is 6.18 Å². The number of hydrogen-bond acceptors (Lipinski definition) is 3. The van der Waals surface area contributed by atoms with E-state index in [2.05, 4.69) is 34.0 Å². The Morgan fingerprint density at radius 3 is 1.83 bits per heavy atom. The first-order valence-corrected chi connectivity index (χ1v) is 5.59. The largest absolute Gasteiger partial charge is 0.289 e. The van der Waals surface area contributed by atoms with E-state index in [-0.39, 0.29) is 0 Å². The number of thiol groups is 1. The lowest BCUT2D eigenvalue weighted by Gasteiger charge is -1.77. The van der Waals surface area contributed by atoms with Crippen molar-refractivity contribution >= 4 is 45.8 Å². The van der Waals surface area contributed by atoms with Crippen LogP contribution in [0, 0.1) is 0 Å². The van der Waals surface area contributed by atoms with Gasteiger partial charge in [-0.1, -0.05) is 11.7 Å². The average molecular weight is 158 g/mol. The van der Waals surface area contributed by atoms with Crippen molar-refractivity contribution in [3.63, 3.8) is 0 Å². The highest BCUT2D eigenvalue weighted by molar-refractivity contribution is 8.97. The second-order valence-electron chi connectivity index (χ2n) is 0.611. The Kier molecular flexibility index (Phi) is 2.50. The highest BCUT2D eigenvalue weighted by atomic mass is 33.5. The predicted molar refractivity (Wildman–Crippen MR) is 37.8 cm³/mol. The maximum absolute atomic E-state index is 9.58. The summed E-state index contributed by atoms with van der Waals surface area (Å²) in [6.45, 7) is 0. The minimum Gasteiger partial charge on any atom is -0.289 e. The van der Waals surface area contributed by atoms with Crippen molar-refractivity contribution in [1.29, 1.82) is 0 Å². The van der Waals surface area contributed by atoms with E-state index in [1.54, 1.807) is 0 Å². The second kappa shape index (κ2) is 2.20. The molecule has 0 spiro atoms. The first kappa shape index (κ1) is 6.81. The lowest BCUT2D eigenvalue weighted by atomic mass is 11.8. The molecule has 0 fully saturated rings. The molecule has 0 unspecified atom stereocenters. The van der Waals surface area contributed by atoms with Gasteiger partial charge in [-0.25, -0.2) is 0 Å². The fourth-order valence-corrected chi connectivity index (χ4v) is 0. The van der Waals surface area contributed by atoms with Gasteiger partial charge < -0.3 is 0 Å². The first-order valence-electron chi connectivity index (χ1n) is 0.987. The molecule has 0 aliphatic carbocycles. The molecule has 0 bridgehead atoms. The monoisotopic (exact) mass is 158 g/mol. The molecular weight excluding hydrogens is 156 g/mol. The molecular formula is CH2OS4. The van der Waals surface area contributed by atoms with Crippen LogP contribution in [0.5, 0.6) is 0 Å². The van der Waals surface area contributed by atoms with Gasteiger partial charge >= 0.3 is 0 Å². The fraction of sp³-hybridized carbons (Fsp3) is 0. The van der Waals surface area contributed by atoms with E-state index >= 15 is 0 Å². The van der Waals surface area contributed by atoms with E-state index in [9.17, 15) is 4.79 Å². The quantitative estimate of drug-likeness (QED) is 0.331. The third kappa shape index (κ3) is 4.81. The molecule has 6 heavy (non-hydrogen) atoms. The van der Waals surface area contributed by atoms with Crippen molar-refractivity contribution in [2.24, 2.45) is 0 Å². The summed E-state index contributed by atoms with van der Waals surface area (Å²) in [5, 5.41) is 0. The molecule has 1 nitrogen and oxygen atoms in total. The van der Waals surface area contributed by atoms with Gasteiger partial charge in [0.2, 0.25) is 0 Å². The van der Waals surface area contributed by atoms with Crippen molar-refractivity contribution in [3.8, 4) is 0 Å². The molecule has 0 aliphatic heterocycles. The van der Waals surface area contributed by atoms with Gasteiger partial charge in [-0.15, -0.1) is 0 Å². The molecule has 0 saturated heterocycles. The summed E-state index contributed by atoms with van der Waals surface area (Å²) in [5.74, 6) is 0. The van der Waals surface area contributed by atoms with Gasteiger partial charge in [0.15, 0.2) is 5.62 Å². The number of hydrogen-bond donors (Lipinski definition) is 1. The molecule has 0 atom stereocenters. The maximum atomic E-state index is 9.58. The lowest BCUT2D eigenvalue weighted by molar-refractivity contribution is 0.570. The molecule has 0 saturated carbocycles. The summed E-state index contributed by atoms with van der Waals surface area (Å²) >= 11 is 12.4. The molecule has 0 aromatic rings. The summed E-state index contributed by atoms with van der Waals surface area (Å²) in [5.41, 5.74) is 0.515. The van der Waals surface area contributed by atoms with Crippen LogP contribution in [0.3, 0.4) is 0 Å². The van der Waals surface area contributed by atoms with Gasteiger partial charge in [-0.2, -0.15) is 0 Å². The topological polar surface area (TPSA) is 17.1 Å². The molecule has 0 radical (unpaired) electrons.